The zero-order chi connectivity index (χ0) is 12.7. The summed E-state index contributed by atoms with van der Waals surface area (Å²) in [5.74, 6) is -0.478. The first-order valence-electron chi connectivity index (χ1n) is 5.08. The maximum Gasteiger partial charge on any atom is 0.268 e. The predicted octanol–water partition coefficient (Wildman–Crippen LogP) is 3.44. The van der Waals surface area contributed by atoms with Crippen molar-refractivity contribution in [3.63, 3.8) is 0 Å². The summed E-state index contributed by atoms with van der Waals surface area (Å²) in [5, 5.41) is 0.0560. The number of H-pyrrole nitrogens is 1. The van der Waals surface area contributed by atoms with Crippen LogP contribution in [0.1, 0.15) is 0 Å². The third-order valence-corrected chi connectivity index (χ3v) is 4.08. The van der Waals surface area contributed by atoms with Gasteiger partial charge in [-0.1, -0.05) is 23.7 Å². The van der Waals surface area contributed by atoms with E-state index in [4.69, 9.17) is 11.6 Å². The van der Waals surface area contributed by atoms with Crippen LogP contribution in [0.25, 0.3) is 20.7 Å². The van der Waals surface area contributed by atoms with E-state index in [0.29, 0.717) is 15.8 Å². The van der Waals surface area contributed by atoms with Gasteiger partial charge in [0.15, 0.2) is 0 Å². The van der Waals surface area contributed by atoms with Gasteiger partial charge in [0, 0.05) is 10.4 Å². The summed E-state index contributed by atoms with van der Waals surface area (Å²) in [5.41, 5.74) is 0.946. The predicted molar refractivity (Wildman–Crippen MR) is 70.6 cm³/mol. The summed E-state index contributed by atoms with van der Waals surface area (Å²) in [6.07, 6.45) is 1.34. The molecule has 0 fully saturated rings. The minimum Gasteiger partial charge on any atom is -0.312 e. The number of thiophene rings is 1. The van der Waals surface area contributed by atoms with E-state index >= 15 is 0 Å². The van der Waals surface area contributed by atoms with Gasteiger partial charge in [-0.15, -0.1) is 11.3 Å². The number of hydrogen-bond donors (Lipinski definition) is 1. The van der Waals surface area contributed by atoms with Gasteiger partial charge in [-0.05, 0) is 12.1 Å². The molecule has 0 aliphatic carbocycles. The number of halogens is 2. The zero-order valence-electron chi connectivity index (χ0n) is 8.91. The fourth-order valence-electron chi connectivity index (χ4n) is 1.69. The van der Waals surface area contributed by atoms with E-state index in [1.165, 1.54) is 23.7 Å². The minimum atomic E-state index is -0.478. The smallest absolute Gasteiger partial charge is 0.268 e. The van der Waals surface area contributed by atoms with Crippen LogP contribution < -0.4 is 5.56 Å². The lowest BCUT2D eigenvalue weighted by Crippen LogP contribution is -2.02. The standard InChI is InChI=1S/C12H6ClFN2OS/c13-10-6(2-1-3-7(10)14)9-4-8-11(18-9)12(17)16-5-15-8/h1-5H,(H,15,16,17). The largest absolute Gasteiger partial charge is 0.312 e. The van der Waals surface area contributed by atoms with Crippen molar-refractivity contribution in [2.75, 3.05) is 0 Å². The summed E-state index contributed by atoms with van der Waals surface area (Å²) in [7, 11) is 0. The number of benzene rings is 1. The maximum absolute atomic E-state index is 13.4. The Labute approximate surface area is 110 Å². The van der Waals surface area contributed by atoms with Gasteiger partial charge in [-0.2, -0.15) is 0 Å². The molecule has 6 heteroatoms. The topological polar surface area (TPSA) is 45.8 Å². The maximum atomic E-state index is 13.4. The second-order valence-electron chi connectivity index (χ2n) is 3.66. The molecule has 0 saturated carbocycles. The zero-order valence-corrected chi connectivity index (χ0v) is 10.5. The highest BCUT2D eigenvalue weighted by molar-refractivity contribution is 7.22. The molecule has 3 aromatic rings. The van der Waals surface area contributed by atoms with Crippen molar-refractivity contribution in [1.29, 1.82) is 0 Å². The lowest BCUT2D eigenvalue weighted by atomic mass is 10.2. The van der Waals surface area contributed by atoms with E-state index in [-0.39, 0.29) is 10.6 Å². The lowest BCUT2D eigenvalue weighted by Gasteiger charge is -2.00. The average molecular weight is 281 g/mol. The second kappa shape index (κ2) is 4.19. The molecule has 1 N–H and O–H groups in total. The SMILES string of the molecule is O=c1[nH]cnc2cc(-c3cccc(F)c3Cl)sc12. The van der Waals surface area contributed by atoms with Crippen LogP contribution in [-0.2, 0) is 0 Å². The first kappa shape index (κ1) is 11.4. The van der Waals surface area contributed by atoms with Crippen molar-refractivity contribution in [3.05, 3.63) is 51.8 Å². The third kappa shape index (κ3) is 1.72. The van der Waals surface area contributed by atoms with E-state index in [9.17, 15) is 9.18 Å². The minimum absolute atomic E-state index is 0.0560. The monoisotopic (exact) mass is 280 g/mol. The van der Waals surface area contributed by atoms with Gasteiger partial charge in [0.25, 0.3) is 5.56 Å². The average Bonchev–Trinajstić information content (AvgIpc) is 2.78. The first-order valence-corrected chi connectivity index (χ1v) is 6.28. The summed E-state index contributed by atoms with van der Waals surface area (Å²) < 4.78 is 13.9. The molecule has 3 nitrogen and oxygen atoms in total. The van der Waals surface area contributed by atoms with Crippen molar-refractivity contribution in [1.82, 2.24) is 9.97 Å². The van der Waals surface area contributed by atoms with E-state index < -0.39 is 5.82 Å². The highest BCUT2D eigenvalue weighted by Gasteiger charge is 2.12. The Morgan fingerprint density at radius 2 is 2.22 bits per heavy atom. The van der Waals surface area contributed by atoms with Crippen LogP contribution in [0.2, 0.25) is 5.02 Å². The van der Waals surface area contributed by atoms with Crippen LogP contribution in [0.15, 0.2) is 35.4 Å². The Bertz CT molecular complexity index is 796. The van der Waals surface area contributed by atoms with Gasteiger partial charge < -0.3 is 4.98 Å². The molecular weight excluding hydrogens is 275 g/mol. The van der Waals surface area contributed by atoms with Crippen LogP contribution in [0, 0.1) is 5.82 Å². The lowest BCUT2D eigenvalue weighted by molar-refractivity contribution is 0.629. The number of fused-ring (bicyclic) bond motifs is 1. The molecule has 1 aromatic carbocycles. The molecule has 0 bridgehead atoms. The molecule has 18 heavy (non-hydrogen) atoms. The van der Waals surface area contributed by atoms with Crippen LogP contribution in [0.5, 0.6) is 0 Å². The van der Waals surface area contributed by atoms with Crippen molar-refractivity contribution in [2.24, 2.45) is 0 Å². The van der Waals surface area contributed by atoms with Gasteiger partial charge in [0.1, 0.15) is 10.5 Å². The first-order chi connectivity index (χ1) is 8.66. The molecule has 2 aromatic heterocycles. The molecule has 0 amide bonds. The van der Waals surface area contributed by atoms with E-state index in [1.807, 2.05) is 0 Å². The number of hydrogen-bond acceptors (Lipinski definition) is 3. The van der Waals surface area contributed by atoms with Gasteiger partial charge in [-0.25, -0.2) is 9.37 Å². The van der Waals surface area contributed by atoms with Crippen molar-refractivity contribution < 1.29 is 4.39 Å². The van der Waals surface area contributed by atoms with Crippen LogP contribution in [0.4, 0.5) is 4.39 Å². The molecule has 0 aliphatic rings. The number of aromatic amines is 1. The Kier molecular flexibility index (Phi) is 2.65. The molecule has 3 rings (SSSR count). The number of nitrogens with zero attached hydrogens (tertiary/aromatic N) is 1. The molecule has 0 radical (unpaired) electrons. The van der Waals surface area contributed by atoms with E-state index in [0.717, 1.165) is 4.88 Å². The fourth-order valence-corrected chi connectivity index (χ4v) is 3.01. The van der Waals surface area contributed by atoms with E-state index in [1.54, 1.807) is 18.2 Å². The van der Waals surface area contributed by atoms with Gasteiger partial charge in [0.2, 0.25) is 0 Å². The molecule has 0 aliphatic heterocycles. The quantitative estimate of drug-likeness (QED) is 0.742. The normalized spacial score (nSPS) is 11.0. The second-order valence-corrected chi connectivity index (χ2v) is 5.09. The van der Waals surface area contributed by atoms with Crippen LogP contribution in [0.3, 0.4) is 0 Å². The molecule has 90 valence electrons. The van der Waals surface area contributed by atoms with Gasteiger partial charge >= 0.3 is 0 Å². The third-order valence-electron chi connectivity index (χ3n) is 2.54. The highest BCUT2D eigenvalue weighted by atomic mass is 35.5. The van der Waals surface area contributed by atoms with Crippen molar-refractivity contribution >= 4 is 33.2 Å². The number of aromatic nitrogens is 2. The molecular formula is C12H6ClFN2OS. The molecule has 0 spiro atoms. The van der Waals surface area contributed by atoms with Crippen LogP contribution in [-0.4, -0.2) is 9.97 Å². The number of rotatable bonds is 1. The van der Waals surface area contributed by atoms with Crippen molar-refractivity contribution in [3.8, 4) is 10.4 Å². The Morgan fingerprint density at radius 1 is 1.39 bits per heavy atom. The summed E-state index contributed by atoms with van der Waals surface area (Å²) in [6, 6.07) is 6.32. The molecule has 0 saturated heterocycles. The summed E-state index contributed by atoms with van der Waals surface area (Å²) in [6.45, 7) is 0. The van der Waals surface area contributed by atoms with Gasteiger partial charge in [0.05, 0.1) is 16.9 Å². The highest BCUT2D eigenvalue weighted by Crippen LogP contribution is 2.36. The Balaban J connectivity index is 2.29. The summed E-state index contributed by atoms with van der Waals surface area (Å²) in [4.78, 5) is 18.9. The Hall–Kier alpha value is -1.72. The van der Waals surface area contributed by atoms with Gasteiger partial charge in [-0.3, -0.25) is 4.79 Å². The Morgan fingerprint density at radius 3 is 3.00 bits per heavy atom. The molecule has 0 atom stereocenters. The van der Waals surface area contributed by atoms with Crippen molar-refractivity contribution in [2.45, 2.75) is 0 Å². The molecule has 0 unspecified atom stereocenters. The summed E-state index contributed by atoms with van der Waals surface area (Å²) >= 11 is 7.16. The number of nitrogens with one attached hydrogen (secondary N) is 1. The van der Waals surface area contributed by atoms with Crippen LogP contribution >= 0.6 is 22.9 Å². The van der Waals surface area contributed by atoms with E-state index in [2.05, 4.69) is 9.97 Å². The molecule has 2 heterocycles. The fraction of sp³-hybridized carbons (Fsp3) is 0.